The Balaban J connectivity index is 1.98. The van der Waals surface area contributed by atoms with Crippen molar-refractivity contribution >= 4 is 22.7 Å². The molecule has 2 aromatic carbocycles. The second-order valence-electron chi connectivity index (χ2n) is 4.49. The minimum atomic E-state index is 0.507. The number of halogens is 1. The zero-order valence-corrected chi connectivity index (χ0v) is 11.4. The van der Waals surface area contributed by atoms with E-state index in [0.29, 0.717) is 17.3 Å². The third-order valence-corrected chi connectivity index (χ3v) is 3.32. The number of nitriles is 1. The smallest absolute Gasteiger partial charge is 0.227 e. The van der Waals surface area contributed by atoms with Gasteiger partial charge in [-0.2, -0.15) is 5.26 Å². The minimum absolute atomic E-state index is 0.507. The van der Waals surface area contributed by atoms with Crippen LogP contribution in [0.5, 0.6) is 0 Å². The fourth-order valence-corrected chi connectivity index (χ4v) is 2.17. The molecule has 0 N–H and O–H groups in total. The summed E-state index contributed by atoms with van der Waals surface area (Å²) < 4.78 is 5.73. The molecule has 0 atom stereocenters. The van der Waals surface area contributed by atoms with Gasteiger partial charge in [0.15, 0.2) is 5.58 Å². The highest BCUT2D eigenvalue weighted by atomic mass is 35.5. The second kappa shape index (κ2) is 5.36. The Hall–Kier alpha value is -2.31. The molecule has 0 aliphatic rings. The van der Waals surface area contributed by atoms with E-state index in [1.165, 1.54) is 0 Å². The molecule has 0 spiro atoms. The maximum absolute atomic E-state index is 8.62. The number of aryl methyl sites for hydroxylation is 1. The number of rotatable bonds is 3. The third-order valence-electron chi connectivity index (χ3n) is 3.07. The molecule has 20 heavy (non-hydrogen) atoms. The molecular weight excluding hydrogens is 272 g/mol. The number of aromatic nitrogens is 1. The first-order valence-corrected chi connectivity index (χ1v) is 6.66. The average molecular weight is 283 g/mol. The number of hydrogen-bond acceptors (Lipinski definition) is 3. The molecule has 98 valence electrons. The normalized spacial score (nSPS) is 10.6. The lowest BCUT2D eigenvalue weighted by molar-refractivity contribution is 0.620. The molecule has 0 amide bonds. The topological polar surface area (TPSA) is 49.8 Å². The van der Waals surface area contributed by atoms with Crippen molar-refractivity contribution in [2.45, 2.75) is 12.8 Å². The summed E-state index contributed by atoms with van der Waals surface area (Å²) >= 11 is 5.87. The minimum Gasteiger partial charge on any atom is -0.436 e. The van der Waals surface area contributed by atoms with Crippen LogP contribution in [0.4, 0.5) is 0 Å². The van der Waals surface area contributed by atoms with E-state index in [-0.39, 0.29) is 0 Å². The fraction of sp³-hybridized carbons (Fsp3) is 0.125. The van der Waals surface area contributed by atoms with Crippen molar-refractivity contribution in [1.82, 2.24) is 4.98 Å². The summed E-state index contributed by atoms with van der Waals surface area (Å²) in [5, 5.41) is 9.31. The molecule has 0 radical (unpaired) electrons. The van der Waals surface area contributed by atoms with Crippen LogP contribution in [0.15, 0.2) is 46.9 Å². The second-order valence-corrected chi connectivity index (χ2v) is 4.92. The van der Waals surface area contributed by atoms with Gasteiger partial charge in [-0.15, -0.1) is 0 Å². The van der Waals surface area contributed by atoms with Crippen molar-refractivity contribution in [2.24, 2.45) is 0 Å². The standard InChI is InChI=1S/C16H11ClN2O/c17-13-6-4-12(5-7-13)16-19-14-10-11(2-1-9-18)3-8-15(14)20-16/h3-8,10H,1-2H2. The summed E-state index contributed by atoms with van der Waals surface area (Å²) in [5.74, 6) is 0.578. The highest BCUT2D eigenvalue weighted by Gasteiger charge is 2.08. The molecule has 0 aliphatic heterocycles. The van der Waals surface area contributed by atoms with Crippen LogP contribution < -0.4 is 0 Å². The maximum atomic E-state index is 8.62. The number of fused-ring (bicyclic) bond motifs is 1. The molecule has 0 bridgehead atoms. The SMILES string of the molecule is N#CCCc1ccc2oc(-c3ccc(Cl)cc3)nc2c1. The maximum Gasteiger partial charge on any atom is 0.227 e. The van der Waals surface area contributed by atoms with Crippen LogP contribution in [0.2, 0.25) is 5.02 Å². The van der Waals surface area contributed by atoms with E-state index in [1.54, 1.807) is 0 Å². The quantitative estimate of drug-likeness (QED) is 0.705. The highest BCUT2D eigenvalue weighted by molar-refractivity contribution is 6.30. The molecule has 4 heteroatoms. The molecule has 0 fully saturated rings. The lowest BCUT2D eigenvalue weighted by Gasteiger charge is -1.94. The lowest BCUT2D eigenvalue weighted by atomic mass is 10.1. The van der Waals surface area contributed by atoms with Crippen LogP contribution in [-0.4, -0.2) is 4.98 Å². The van der Waals surface area contributed by atoms with Crippen LogP contribution in [0.25, 0.3) is 22.6 Å². The third kappa shape index (κ3) is 2.52. The van der Waals surface area contributed by atoms with E-state index in [2.05, 4.69) is 11.1 Å². The van der Waals surface area contributed by atoms with E-state index in [0.717, 1.165) is 28.6 Å². The Morgan fingerprint density at radius 2 is 1.95 bits per heavy atom. The molecule has 3 nitrogen and oxygen atoms in total. The Bertz CT molecular complexity index is 784. The monoisotopic (exact) mass is 282 g/mol. The van der Waals surface area contributed by atoms with Crippen LogP contribution in [-0.2, 0) is 6.42 Å². The van der Waals surface area contributed by atoms with E-state index in [9.17, 15) is 0 Å². The fourth-order valence-electron chi connectivity index (χ4n) is 2.04. The first-order chi connectivity index (χ1) is 9.76. The molecule has 1 aromatic heterocycles. The zero-order valence-electron chi connectivity index (χ0n) is 10.6. The van der Waals surface area contributed by atoms with Crippen LogP contribution in [0.3, 0.4) is 0 Å². The molecule has 1 heterocycles. The van der Waals surface area contributed by atoms with Gasteiger partial charge >= 0.3 is 0 Å². The van der Waals surface area contributed by atoms with E-state index < -0.39 is 0 Å². The van der Waals surface area contributed by atoms with Crippen molar-refractivity contribution in [1.29, 1.82) is 5.26 Å². The van der Waals surface area contributed by atoms with Crippen LogP contribution in [0, 0.1) is 11.3 Å². The van der Waals surface area contributed by atoms with Gasteiger partial charge in [0.05, 0.1) is 6.07 Å². The highest BCUT2D eigenvalue weighted by Crippen LogP contribution is 2.26. The summed E-state index contributed by atoms with van der Waals surface area (Å²) in [4.78, 5) is 4.49. The van der Waals surface area contributed by atoms with Crippen molar-refractivity contribution in [2.75, 3.05) is 0 Å². The van der Waals surface area contributed by atoms with Gasteiger partial charge in [0.1, 0.15) is 5.52 Å². The molecule has 0 aliphatic carbocycles. The van der Waals surface area contributed by atoms with Gasteiger partial charge in [-0.1, -0.05) is 17.7 Å². The van der Waals surface area contributed by atoms with Gasteiger partial charge in [0.2, 0.25) is 5.89 Å². The van der Waals surface area contributed by atoms with Crippen LogP contribution >= 0.6 is 11.6 Å². The summed E-state index contributed by atoms with van der Waals surface area (Å²) in [7, 11) is 0. The largest absolute Gasteiger partial charge is 0.436 e. The average Bonchev–Trinajstić information content (AvgIpc) is 2.89. The van der Waals surface area contributed by atoms with Gasteiger partial charge < -0.3 is 4.42 Å². The van der Waals surface area contributed by atoms with Crippen molar-refractivity contribution in [3.8, 4) is 17.5 Å². The Labute approximate surface area is 121 Å². The number of hydrogen-bond donors (Lipinski definition) is 0. The first-order valence-electron chi connectivity index (χ1n) is 6.28. The van der Waals surface area contributed by atoms with E-state index in [4.69, 9.17) is 21.3 Å². The van der Waals surface area contributed by atoms with Gasteiger partial charge in [0.25, 0.3) is 0 Å². The molecule has 0 unspecified atom stereocenters. The Kier molecular flexibility index (Phi) is 3.41. The summed E-state index contributed by atoms with van der Waals surface area (Å²) in [6.07, 6.45) is 1.24. The predicted molar refractivity (Wildman–Crippen MR) is 78.4 cm³/mol. The summed E-state index contributed by atoms with van der Waals surface area (Å²) in [6.45, 7) is 0. The number of nitrogens with zero attached hydrogens (tertiary/aromatic N) is 2. The van der Waals surface area contributed by atoms with Gasteiger partial charge in [-0.25, -0.2) is 4.98 Å². The van der Waals surface area contributed by atoms with E-state index in [1.807, 2.05) is 42.5 Å². The van der Waals surface area contributed by atoms with Gasteiger partial charge in [0, 0.05) is 17.0 Å². The molecular formula is C16H11ClN2O. The molecule has 0 saturated carbocycles. The van der Waals surface area contributed by atoms with Crippen molar-refractivity contribution < 1.29 is 4.42 Å². The Morgan fingerprint density at radius 1 is 1.15 bits per heavy atom. The molecule has 3 aromatic rings. The molecule has 3 rings (SSSR count). The van der Waals surface area contributed by atoms with E-state index >= 15 is 0 Å². The van der Waals surface area contributed by atoms with Gasteiger partial charge in [-0.05, 0) is 48.4 Å². The molecule has 0 saturated heterocycles. The van der Waals surface area contributed by atoms with Crippen LogP contribution in [0.1, 0.15) is 12.0 Å². The number of benzene rings is 2. The van der Waals surface area contributed by atoms with Crippen molar-refractivity contribution in [3.63, 3.8) is 0 Å². The zero-order chi connectivity index (χ0) is 13.9. The van der Waals surface area contributed by atoms with Crippen molar-refractivity contribution in [3.05, 3.63) is 53.1 Å². The first kappa shape index (κ1) is 12.7. The lowest BCUT2D eigenvalue weighted by Crippen LogP contribution is -1.83. The number of oxazole rings is 1. The summed E-state index contributed by atoms with van der Waals surface area (Å²) in [5.41, 5.74) is 3.54. The Morgan fingerprint density at radius 3 is 2.70 bits per heavy atom. The predicted octanol–water partition coefficient (Wildman–Crippen LogP) is 4.60. The van der Waals surface area contributed by atoms with Gasteiger partial charge in [-0.3, -0.25) is 0 Å². The summed E-state index contributed by atoms with van der Waals surface area (Å²) in [6, 6.07) is 15.4.